The molecule has 3 nitrogen and oxygen atoms in total. The average molecular weight is 277 g/mol. The summed E-state index contributed by atoms with van der Waals surface area (Å²) in [7, 11) is -3.10. The molecule has 1 aromatic rings. The van der Waals surface area contributed by atoms with E-state index in [4.69, 9.17) is 16.3 Å². The molecule has 0 heterocycles. The fraction of sp³-hybridized carbons (Fsp3) is 0.500. The lowest BCUT2D eigenvalue weighted by Gasteiger charge is -2.05. The van der Waals surface area contributed by atoms with Crippen LogP contribution in [0.25, 0.3) is 0 Å². The highest BCUT2D eigenvalue weighted by Gasteiger charge is 2.11. The Morgan fingerprint density at radius 1 is 1.29 bits per heavy atom. The molecule has 1 rings (SSSR count). The molecule has 5 heteroatoms. The minimum Gasteiger partial charge on any atom is -0.379 e. The van der Waals surface area contributed by atoms with Crippen LogP contribution in [0.15, 0.2) is 24.3 Å². The van der Waals surface area contributed by atoms with Gasteiger partial charge < -0.3 is 4.74 Å². The molecular formula is C12H17ClO3S. The maximum absolute atomic E-state index is 11.8. The molecule has 0 spiro atoms. The molecule has 0 unspecified atom stereocenters. The number of benzene rings is 1. The first-order valence-electron chi connectivity index (χ1n) is 5.43. The zero-order valence-electron chi connectivity index (χ0n) is 9.86. The summed E-state index contributed by atoms with van der Waals surface area (Å²) in [5.74, 6) is 0.495. The second kappa shape index (κ2) is 6.99. The van der Waals surface area contributed by atoms with Crippen LogP contribution < -0.4 is 0 Å². The number of rotatable bonds is 7. The monoisotopic (exact) mass is 276 g/mol. The molecule has 0 aliphatic rings. The SMILES string of the molecule is Cc1cccc(CS(=O)(=O)CCOCCCl)c1. The number of halogens is 1. The van der Waals surface area contributed by atoms with Crippen LogP contribution in [0, 0.1) is 6.92 Å². The Labute approximate surface area is 108 Å². The van der Waals surface area contributed by atoms with E-state index in [1.165, 1.54) is 0 Å². The summed E-state index contributed by atoms with van der Waals surface area (Å²) in [6.07, 6.45) is 0. The number of sulfone groups is 1. The molecule has 0 amide bonds. The topological polar surface area (TPSA) is 43.4 Å². The largest absolute Gasteiger partial charge is 0.379 e. The summed E-state index contributed by atoms with van der Waals surface area (Å²) in [6, 6.07) is 7.52. The lowest BCUT2D eigenvalue weighted by Crippen LogP contribution is -2.15. The lowest BCUT2D eigenvalue weighted by atomic mass is 10.2. The first-order chi connectivity index (χ1) is 8.03. The first kappa shape index (κ1) is 14.5. The van der Waals surface area contributed by atoms with Crippen molar-refractivity contribution in [1.82, 2.24) is 0 Å². The van der Waals surface area contributed by atoms with Crippen LogP contribution in [0.1, 0.15) is 11.1 Å². The standard InChI is InChI=1S/C12H17ClO3S/c1-11-3-2-4-12(9-11)10-17(14,15)8-7-16-6-5-13/h2-4,9H,5-8,10H2,1H3. The summed E-state index contributed by atoms with van der Waals surface area (Å²) in [5.41, 5.74) is 1.89. The van der Waals surface area contributed by atoms with Crippen molar-refractivity contribution in [1.29, 1.82) is 0 Å². The van der Waals surface area contributed by atoms with Crippen LogP contribution in [0.3, 0.4) is 0 Å². The fourth-order valence-electron chi connectivity index (χ4n) is 1.47. The zero-order chi connectivity index (χ0) is 12.7. The van der Waals surface area contributed by atoms with Crippen molar-refractivity contribution in [3.8, 4) is 0 Å². The van der Waals surface area contributed by atoms with Crippen molar-refractivity contribution < 1.29 is 13.2 Å². The Bertz CT molecular complexity index is 443. The van der Waals surface area contributed by atoms with Gasteiger partial charge in [-0.15, -0.1) is 11.6 Å². The maximum atomic E-state index is 11.8. The van der Waals surface area contributed by atoms with Crippen LogP contribution in [-0.4, -0.2) is 33.3 Å². The van der Waals surface area contributed by atoms with Crippen LogP contribution >= 0.6 is 11.6 Å². The van der Waals surface area contributed by atoms with E-state index in [0.29, 0.717) is 12.5 Å². The van der Waals surface area contributed by atoms with Gasteiger partial charge in [-0.2, -0.15) is 0 Å². The van der Waals surface area contributed by atoms with Crippen molar-refractivity contribution in [3.05, 3.63) is 35.4 Å². The highest BCUT2D eigenvalue weighted by molar-refractivity contribution is 7.90. The van der Waals surface area contributed by atoms with Gasteiger partial charge in [-0.25, -0.2) is 8.42 Å². The number of hydrogen-bond donors (Lipinski definition) is 0. The summed E-state index contributed by atoms with van der Waals surface area (Å²) >= 11 is 5.42. The van der Waals surface area contributed by atoms with Crippen molar-refractivity contribution in [2.75, 3.05) is 24.8 Å². The van der Waals surface area contributed by atoms with Gasteiger partial charge in [-0.05, 0) is 12.5 Å². The van der Waals surface area contributed by atoms with Gasteiger partial charge >= 0.3 is 0 Å². The van der Waals surface area contributed by atoms with Crippen molar-refractivity contribution in [2.24, 2.45) is 0 Å². The van der Waals surface area contributed by atoms with Crippen molar-refractivity contribution in [2.45, 2.75) is 12.7 Å². The number of aryl methyl sites for hydroxylation is 1. The van der Waals surface area contributed by atoms with E-state index >= 15 is 0 Å². The van der Waals surface area contributed by atoms with E-state index in [1.807, 2.05) is 31.2 Å². The van der Waals surface area contributed by atoms with E-state index in [2.05, 4.69) is 0 Å². The van der Waals surface area contributed by atoms with Gasteiger partial charge in [-0.1, -0.05) is 29.8 Å². The molecule has 0 aliphatic heterocycles. The average Bonchev–Trinajstić information content (AvgIpc) is 2.24. The molecule has 0 atom stereocenters. The zero-order valence-corrected chi connectivity index (χ0v) is 11.4. The molecular weight excluding hydrogens is 260 g/mol. The van der Waals surface area contributed by atoms with Crippen LogP contribution in [0.2, 0.25) is 0 Å². The third-order valence-corrected chi connectivity index (χ3v) is 3.95. The molecule has 0 aliphatic carbocycles. The molecule has 0 saturated heterocycles. The normalized spacial score (nSPS) is 11.6. The van der Waals surface area contributed by atoms with Gasteiger partial charge in [-0.3, -0.25) is 0 Å². The van der Waals surface area contributed by atoms with E-state index in [1.54, 1.807) is 0 Å². The molecule has 0 radical (unpaired) electrons. The minimum atomic E-state index is -3.10. The van der Waals surface area contributed by atoms with Gasteiger partial charge in [0.1, 0.15) is 0 Å². The summed E-state index contributed by atoms with van der Waals surface area (Å²) in [5, 5.41) is 0. The minimum absolute atomic E-state index is 0.0395. The lowest BCUT2D eigenvalue weighted by molar-refractivity contribution is 0.165. The Kier molecular flexibility index (Phi) is 5.95. The summed E-state index contributed by atoms with van der Waals surface area (Å²) in [4.78, 5) is 0. The Morgan fingerprint density at radius 3 is 2.71 bits per heavy atom. The van der Waals surface area contributed by atoms with Crippen LogP contribution in [-0.2, 0) is 20.3 Å². The van der Waals surface area contributed by atoms with Gasteiger partial charge in [0.25, 0.3) is 0 Å². The second-order valence-corrected chi connectivity index (χ2v) is 6.44. The Balaban J connectivity index is 2.49. The summed E-state index contributed by atoms with van der Waals surface area (Å²) < 4.78 is 28.6. The van der Waals surface area contributed by atoms with Gasteiger partial charge in [0.05, 0.1) is 24.7 Å². The van der Waals surface area contributed by atoms with E-state index in [9.17, 15) is 8.42 Å². The highest BCUT2D eigenvalue weighted by atomic mass is 35.5. The van der Waals surface area contributed by atoms with Crippen molar-refractivity contribution >= 4 is 21.4 Å². The number of ether oxygens (including phenoxy) is 1. The molecule has 96 valence electrons. The molecule has 0 aromatic heterocycles. The summed E-state index contributed by atoms with van der Waals surface area (Å²) in [6.45, 7) is 2.54. The highest BCUT2D eigenvalue weighted by Crippen LogP contribution is 2.09. The molecule has 0 fully saturated rings. The predicted octanol–water partition coefficient (Wildman–Crippen LogP) is 2.17. The smallest absolute Gasteiger partial charge is 0.156 e. The molecule has 1 aromatic carbocycles. The molecule has 17 heavy (non-hydrogen) atoms. The number of hydrogen-bond acceptors (Lipinski definition) is 3. The first-order valence-corrected chi connectivity index (χ1v) is 7.79. The molecule has 0 bridgehead atoms. The van der Waals surface area contributed by atoms with Crippen LogP contribution in [0.4, 0.5) is 0 Å². The van der Waals surface area contributed by atoms with Crippen molar-refractivity contribution in [3.63, 3.8) is 0 Å². The van der Waals surface area contributed by atoms with Gasteiger partial charge in [0, 0.05) is 5.88 Å². The van der Waals surface area contributed by atoms with E-state index in [-0.39, 0.29) is 18.1 Å². The predicted molar refractivity (Wildman–Crippen MR) is 70.2 cm³/mol. The van der Waals surface area contributed by atoms with E-state index in [0.717, 1.165) is 11.1 Å². The van der Waals surface area contributed by atoms with Gasteiger partial charge in [0.2, 0.25) is 0 Å². The quantitative estimate of drug-likeness (QED) is 0.566. The molecule has 0 N–H and O–H groups in total. The van der Waals surface area contributed by atoms with E-state index < -0.39 is 9.84 Å². The third-order valence-electron chi connectivity index (χ3n) is 2.23. The Hall–Kier alpha value is -0.580. The van der Waals surface area contributed by atoms with Crippen LogP contribution in [0.5, 0.6) is 0 Å². The Morgan fingerprint density at radius 2 is 2.06 bits per heavy atom. The molecule has 0 saturated carbocycles. The number of alkyl halides is 1. The fourth-order valence-corrected chi connectivity index (χ4v) is 2.78. The van der Waals surface area contributed by atoms with Gasteiger partial charge in [0.15, 0.2) is 9.84 Å². The maximum Gasteiger partial charge on any atom is 0.156 e. The third kappa shape index (κ3) is 6.05. The second-order valence-electron chi connectivity index (χ2n) is 3.88.